The molecule has 0 atom stereocenters. The van der Waals surface area contributed by atoms with Gasteiger partial charge in [0, 0.05) is 37.5 Å². The second-order valence-corrected chi connectivity index (χ2v) is 5.71. The van der Waals surface area contributed by atoms with Crippen LogP contribution >= 0.6 is 0 Å². The van der Waals surface area contributed by atoms with E-state index in [0.29, 0.717) is 11.1 Å². The molecule has 2 rings (SSSR count). The normalized spacial score (nSPS) is 11.1. The van der Waals surface area contributed by atoms with Gasteiger partial charge in [0.1, 0.15) is 11.6 Å². The number of benzene rings is 2. The maximum atomic E-state index is 12.1. The molecule has 0 saturated heterocycles. The third-order valence-corrected chi connectivity index (χ3v) is 3.55. The number of carbonyl (C=O) groups excluding carboxylic acids is 1. The summed E-state index contributed by atoms with van der Waals surface area (Å²) in [6, 6.07) is 15.0. The van der Waals surface area contributed by atoms with Crippen molar-refractivity contribution in [2.45, 2.75) is 0 Å². The third kappa shape index (κ3) is 5.51. The van der Waals surface area contributed by atoms with E-state index in [1.54, 1.807) is 18.2 Å². The maximum absolute atomic E-state index is 12.1. The van der Waals surface area contributed by atoms with Crippen molar-refractivity contribution in [2.75, 3.05) is 19.0 Å². The van der Waals surface area contributed by atoms with E-state index in [1.807, 2.05) is 37.2 Å². The van der Waals surface area contributed by atoms with Gasteiger partial charge >= 0.3 is 0 Å². The van der Waals surface area contributed by atoms with E-state index in [-0.39, 0.29) is 11.3 Å². The molecule has 0 fully saturated rings. The number of hydrogen-bond donors (Lipinski definition) is 1. The van der Waals surface area contributed by atoms with Gasteiger partial charge in [-0.15, -0.1) is 0 Å². The highest BCUT2D eigenvalue weighted by molar-refractivity contribution is 6.02. The Balaban J connectivity index is 2.07. The third-order valence-electron chi connectivity index (χ3n) is 3.55. The fourth-order valence-corrected chi connectivity index (χ4v) is 2.13. The number of amides is 1. The molecule has 2 aromatic rings. The Morgan fingerprint density at radius 2 is 1.93 bits per heavy atom. The zero-order chi connectivity index (χ0) is 19.8. The molecule has 1 N–H and O–H groups in total. The largest absolute Gasteiger partial charge is 0.378 e. The lowest BCUT2D eigenvalue weighted by molar-refractivity contribution is -0.384. The molecule has 2 aromatic carbocycles. The van der Waals surface area contributed by atoms with Crippen LogP contribution in [-0.2, 0) is 4.79 Å². The Morgan fingerprint density at radius 3 is 2.52 bits per heavy atom. The van der Waals surface area contributed by atoms with Gasteiger partial charge in [0.05, 0.1) is 11.1 Å². The summed E-state index contributed by atoms with van der Waals surface area (Å²) >= 11 is 0. The molecule has 1 amide bonds. The monoisotopic (exact) mass is 363 g/mol. The van der Waals surface area contributed by atoms with Crippen molar-refractivity contribution in [1.82, 2.24) is 5.43 Å². The van der Waals surface area contributed by atoms with Crippen LogP contribution in [0.4, 0.5) is 11.4 Å². The fraction of sp³-hybridized carbons (Fsp3) is 0.105. The van der Waals surface area contributed by atoms with Gasteiger partial charge in [-0.2, -0.15) is 10.4 Å². The van der Waals surface area contributed by atoms with E-state index in [1.165, 1.54) is 30.5 Å². The quantitative estimate of drug-likeness (QED) is 0.279. The summed E-state index contributed by atoms with van der Waals surface area (Å²) in [7, 11) is 3.83. The Labute approximate surface area is 156 Å². The molecular formula is C19H17N5O3. The van der Waals surface area contributed by atoms with Gasteiger partial charge in [0.25, 0.3) is 11.6 Å². The number of nitrogens with one attached hydrogen (secondary N) is 1. The van der Waals surface area contributed by atoms with E-state index in [4.69, 9.17) is 0 Å². The highest BCUT2D eigenvalue weighted by Gasteiger charge is 2.08. The standard InChI is InChI=1S/C19H17N5O3/c1-23(2)17-8-6-14(7-9-17)10-16(12-20)19(25)22-21-13-15-4-3-5-18(11-15)24(26)27/h3-11,13H,1-2H3,(H,22,25)/b16-10+,21-13?. The molecular weight excluding hydrogens is 346 g/mol. The highest BCUT2D eigenvalue weighted by Crippen LogP contribution is 2.15. The van der Waals surface area contributed by atoms with E-state index in [2.05, 4.69) is 10.5 Å². The summed E-state index contributed by atoms with van der Waals surface area (Å²) in [6.45, 7) is 0. The number of nitrogens with zero attached hydrogens (tertiary/aromatic N) is 4. The lowest BCUT2D eigenvalue weighted by Gasteiger charge is -2.11. The number of hydrazone groups is 1. The minimum Gasteiger partial charge on any atom is -0.378 e. The van der Waals surface area contributed by atoms with Crippen LogP contribution in [0.5, 0.6) is 0 Å². The van der Waals surface area contributed by atoms with Gasteiger partial charge in [0.2, 0.25) is 0 Å². The van der Waals surface area contributed by atoms with Gasteiger partial charge < -0.3 is 4.90 Å². The predicted octanol–water partition coefficient (Wildman–Crippen LogP) is 2.72. The number of rotatable bonds is 6. The first-order valence-corrected chi connectivity index (χ1v) is 7.88. The zero-order valence-electron chi connectivity index (χ0n) is 14.8. The average Bonchev–Trinajstić information content (AvgIpc) is 2.66. The van der Waals surface area contributed by atoms with Crippen LogP contribution in [0.1, 0.15) is 11.1 Å². The van der Waals surface area contributed by atoms with E-state index >= 15 is 0 Å². The first kappa shape index (κ1) is 19.3. The van der Waals surface area contributed by atoms with E-state index in [9.17, 15) is 20.2 Å². The lowest BCUT2D eigenvalue weighted by Crippen LogP contribution is -2.19. The molecule has 0 aliphatic rings. The topological polar surface area (TPSA) is 112 Å². The molecule has 0 saturated carbocycles. The summed E-state index contributed by atoms with van der Waals surface area (Å²) < 4.78 is 0. The molecule has 0 aliphatic heterocycles. The van der Waals surface area contributed by atoms with Gasteiger partial charge in [-0.25, -0.2) is 5.43 Å². The molecule has 8 nitrogen and oxygen atoms in total. The van der Waals surface area contributed by atoms with Crippen molar-refractivity contribution in [3.05, 3.63) is 75.3 Å². The number of nitro groups is 1. The number of hydrogen-bond acceptors (Lipinski definition) is 6. The first-order chi connectivity index (χ1) is 12.9. The van der Waals surface area contributed by atoms with Crippen molar-refractivity contribution >= 4 is 29.6 Å². The summed E-state index contributed by atoms with van der Waals surface area (Å²) in [5.41, 5.74) is 4.21. The predicted molar refractivity (Wildman–Crippen MR) is 103 cm³/mol. The van der Waals surface area contributed by atoms with Crippen molar-refractivity contribution in [3.63, 3.8) is 0 Å². The maximum Gasteiger partial charge on any atom is 0.282 e. The second-order valence-electron chi connectivity index (χ2n) is 5.71. The Kier molecular flexibility index (Phi) is 6.39. The van der Waals surface area contributed by atoms with Crippen LogP contribution in [0.3, 0.4) is 0 Å². The van der Waals surface area contributed by atoms with Crippen molar-refractivity contribution < 1.29 is 9.72 Å². The van der Waals surface area contributed by atoms with Gasteiger partial charge in [-0.1, -0.05) is 24.3 Å². The van der Waals surface area contributed by atoms with Crippen molar-refractivity contribution in [3.8, 4) is 6.07 Å². The summed E-state index contributed by atoms with van der Waals surface area (Å²) in [5, 5.41) is 23.7. The molecule has 136 valence electrons. The van der Waals surface area contributed by atoms with Crippen LogP contribution in [0.2, 0.25) is 0 Å². The molecule has 27 heavy (non-hydrogen) atoms. The Morgan fingerprint density at radius 1 is 1.22 bits per heavy atom. The smallest absolute Gasteiger partial charge is 0.282 e. The van der Waals surface area contributed by atoms with Crippen LogP contribution in [-0.4, -0.2) is 31.1 Å². The van der Waals surface area contributed by atoms with Gasteiger partial charge in [0.15, 0.2) is 0 Å². The Bertz CT molecular complexity index is 941. The summed E-state index contributed by atoms with van der Waals surface area (Å²) in [6.07, 6.45) is 2.73. The van der Waals surface area contributed by atoms with Crippen LogP contribution in [0.15, 0.2) is 59.2 Å². The van der Waals surface area contributed by atoms with Crippen molar-refractivity contribution in [2.24, 2.45) is 5.10 Å². The van der Waals surface area contributed by atoms with Gasteiger partial charge in [-0.05, 0) is 23.8 Å². The molecule has 0 bridgehead atoms. The SMILES string of the molecule is CN(C)c1ccc(/C=C(\C#N)C(=O)NN=Cc2cccc([N+](=O)[O-])c2)cc1. The highest BCUT2D eigenvalue weighted by atomic mass is 16.6. The molecule has 0 aromatic heterocycles. The Hall–Kier alpha value is -3.99. The van der Waals surface area contributed by atoms with Crippen LogP contribution < -0.4 is 10.3 Å². The van der Waals surface area contributed by atoms with Crippen molar-refractivity contribution in [1.29, 1.82) is 5.26 Å². The number of carbonyl (C=O) groups is 1. The number of non-ortho nitro benzene ring substituents is 1. The van der Waals surface area contributed by atoms with Crippen LogP contribution in [0.25, 0.3) is 6.08 Å². The zero-order valence-corrected chi connectivity index (χ0v) is 14.8. The second kappa shape index (κ2) is 8.92. The first-order valence-electron chi connectivity index (χ1n) is 7.88. The molecule has 0 aliphatic carbocycles. The number of nitriles is 1. The molecule has 8 heteroatoms. The molecule has 0 spiro atoms. The number of nitro benzene ring substituents is 1. The lowest BCUT2D eigenvalue weighted by atomic mass is 10.1. The minimum atomic E-state index is -0.670. The fourth-order valence-electron chi connectivity index (χ4n) is 2.13. The van der Waals surface area contributed by atoms with E-state index < -0.39 is 10.8 Å². The summed E-state index contributed by atoms with van der Waals surface area (Å²) in [5.74, 6) is -0.670. The summed E-state index contributed by atoms with van der Waals surface area (Å²) in [4.78, 5) is 24.2. The van der Waals surface area contributed by atoms with E-state index in [0.717, 1.165) is 5.69 Å². The average molecular weight is 363 g/mol. The van der Waals surface area contributed by atoms with Gasteiger partial charge in [-0.3, -0.25) is 14.9 Å². The molecule has 0 unspecified atom stereocenters. The van der Waals surface area contributed by atoms with Crippen LogP contribution in [0, 0.1) is 21.4 Å². The molecule has 0 radical (unpaired) electrons. The number of anilines is 1. The molecule has 0 heterocycles. The minimum absolute atomic E-state index is 0.0796.